The Morgan fingerprint density at radius 3 is 2.08 bits per heavy atom. The molecule has 2 aromatic heterocycles. The zero-order valence-electron chi connectivity index (χ0n) is 15.5. The third-order valence-corrected chi connectivity index (χ3v) is 4.51. The third kappa shape index (κ3) is 3.39. The first-order chi connectivity index (χ1) is 11.4. The predicted octanol–water partition coefficient (Wildman–Crippen LogP) is 3.31. The van der Waals surface area contributed by atoms with Crippen molar-refractivity contribution in [1.29, 1.82) is 0 Å². The maximum absolute atomic E-state index is 13.0. The fraction of sp³-hybridized carbons (Fsp3) is 0.625. The van der Waals surface area contributed by atoms with Crippen LogP contribution in [0.3, 0.4) is 0 Å². The maximum atomic E-state index is 13.0. The van der Waals surface area contributed by atoms with Crippen LogP contribution in [-0.2, 0) is 22.5 Å². The molecule has 3 rings (SSSR count). The van der Waals surface area contributed by atoms with E-state index in [1.165, 1.54) is 17.9 Å². The molecular formula is C16H23BF3N3O2. The van der Waals surface area contributed by atoms with E-state index in [1.54, 1.807) is 6.07 Å². The van der Waals surface area contributed by atoms with Gasteiger partial charge in [-0.3, -0.25) is 9.67 Å². The molecule has 0 atom stereocenters. The number of fused-ring (bicyclic) bond motifs is 1. The highest BCUT2D eigenvalue weighted by Crippen LogP contribution is 2.37. The highest BCUT2D eigenvalue weighted by molar-refractivity contribution is 6.62. The Kier molecular flexibility index (Phi) is 4.95. The first-order valence-corrected chi connectivity index (χ1v) is 8.18. The minimum absolute atomic E-state index is 0.180. The van der Waals surface area contributed by atoms with Crippen LogP contribution in [0, 0.1) is 0 Å². The first-order valence-electron chi connectivity index (χ1n) is 8.18. The lowest BCUT2D eigenvalue weighted by molar-refractivity contribution is -0.140. The van der Waals surface area contributed by atoms with Gasteiger partial charge in [0.15, 0.2) is 5.69 Å². The fourth-order valence-electron chi connectivity index (χ4n) is 2.45. The average Bonchev–Trinajstić information content (AvgIpc) is 2.95. The van der Waals surface area contributed by atoms with E-state index in [0.717, 1.165) is 0 Å². The fourth-order valence-corrected chi connectivity index (χ4v) is 2.45. The van der Waals surface area contributed by atoms with Gasteiger partial charge in [0.1, 0.15) is 5.52 Å². The maximum Gasteiger partial charge on any atom is 0.496 e. The van der Waals surface area contributed by atoms with Gasteiger partial charge in [-0.2, -0.15) is 18.3 Å². The summed E-state index contributed by atoms with van der Waals surface area (Å²) in [5, 5.41) is 3.53. The van der Waals surface area contributed by atoms with Crippen LogP contribution in [0.4, 0.5) is 13.2 Å². The molecule has 1 saturated heterocycles. The molecule has 1 fully saturated rings. The smallest absolute Gasteiger partial charge is 0.399 e. The number of halogens is 3. The summed E-state index contributed by atoms with van der Waals surface area (Å²) in [6.07, 6.45) is -3.19. The van der Waals surface area contributed by atoms with E-state index in [1.807, 2.05) is 41.5 Å². The summed E-state index contributed by atoms with van der Waals surface area (Å²) in [7, 11) is 0.772. The van der Waals surface area contributed by atoms with Gasteiger partial charge in [0.25, 0.3) is 0 Å². The van der Waals surface area contributed by atoms with Gasteiger partial charge in [-0.25, -0.2) is 0 Å². The molecule has 0 aliphatic carbocycles. The van der Waals surface area contributed by atoms with Crippen LogP contribution in [0.15, 0.2) is 12.3 Å². The molecule has 0 bridgehead atoms. The molecule has 25 heavy (non-hydrogen) atoms. The van der Waals surface area contributed by atoms with Gasteiger partial charge < -0.3 is 9.31 Å². The number of hydrogen-bond donors (Lipinski definition) is 0. The predicted molar refractivity (Wildman–Crippen MR) is 90.6 cm³/mol. The molecule has 0 amide bonds. The van der Waals surface area contributed by atoms with Crippen molar-refractivity contribution in [2.24, 2.45) is 7.05 Å². The topological polar surface area (TPSA) is 49.2 Å². The molecule has 9 heteroatoms. The van der Waals surface area contributed by atoms with Crippen molar-refractivity contribution in [1.82, 2.24) is 14.8 Å². The van der Waals surface area contributed by atoms with E-state index in [2.05, 4.69) is 10.1 Å². The van der Waals surface area contributed by atoms with Crippen LogP contribution >= 0.6 is 0 Å². The van der Waals surface area contributed by atoms with Crippen molar-refractivity contribution in [3.8, 4) is 0 Å². The molecule has 0 unspecified atom stereocenters. The zero-order chi connectivity index (χ0) is 19.2. The molecular weight excluding hydrogens is 334 g/mol. The van der Waals surface area contributed by atoms with E-state index in [-0.39, 0.29) is 11.0 Å². The van der Waals surface area contributed by atoms with Gasteiger partial charge in [-0.15, -0.1) is 0 Å². The Hall–Kier alpha value is -1.61. The van der Waals surface area contributed by atoms with Gasteiger partial charge >= 0.3 is 13.3 Å². The third-order valence-electron chi connectivity index (χ3n) is 4.51. The number of hydrogen-bond acceptors (Lipinski definition) is 4. The van der Waals surface area contributed by atoms with Crippen molar-refractivity contribution in [2.45, 2.75) is 58.9 Å². The molecule has 3 heterocycles. The molecule has 0 spiro atoms. The minimum Gasteiger partial charge on any atom is -0.399 e. The Morgan fingerprint density at radius 1 is 1.08 bits per heavy atom. The summed E-state index contributed by atoms with van der Waals surface area (Å²) in [5.74, 6) is 0. The van der Waals surface area contributed by atoms with Gasteiger partial charge in [-0.05, 0) is 33.8 Å². The number of aromatic nitrogens is 3. The van der Waals surface area contributed by atoms with E-state index in [9.17, 15) is 13.2 Å². The molecule has 138 valence electrons. The standard InChI is InChI=1S/C14H17BF3N3O2.C2H6/c1-12(2)13(3,4)23-15(22-12)8-6-9-10(19-7-8)11(14(16,17)18)20-21(9)5;1-2/h6-7H,1-5H3;1-2H3. The highest BCUT2D eigenvalue weighted by Gasteiger charge is 2.52. The molecule has 5 nitrogen and oxygen atoms in total. The zero-order valence-corrected chi connectivity index (χ0v) is 15.5. The Balaban J connectivity index is 0.00000109. The molecule has 0 N–H and O–H groups in total. The molecule has 0 aromatic carbocycles. The van der Waals surface area contributed by atoms with Crippen molar-refractivity contribution in [3.05, 3.63) is 18.0 Å². The Labute approximate surface area is 145 Å². The average molecular weight is 357 g/mol. The van der Waals surface area contributed by atoms with Crippen LogP contribution < -0.4 is 5.46 Å². The SMILES string of the molecule is CC.Cn1nc(C(F)(F)F)c2ncc(B3OC(C)(C)C(C)(C)O3)cc21. The second kappa shape index (κ2) is 6.28. The lowest BCUT2D eigenvalue weighted by Gasteiger charge is -2.32. The summed E-state index contributed by atoms with van der Waals surface area (Å²) in [5.41, 5.74) is -1.39. The van der Waals surface area contributed by atoms with Crippen LogP contribution in [0.2, 0.25) is 0 Å². The summed E-state index contributed by atoms with van der Waals surface area (Å²) in [4.78, 5) is 3.95. The minimum atomic E-state index is -4.54. The second-order valence-corrected chi connectivity index (χ2v) is 6.69. The van der Waals surface area contributed by atoms with E-state index in [4.69, 9.17) is 9.31 Å². The van der Waals surface area contributed by atoms with E-state index < -0.39 is 30.2 Å². The van der Waals surface area contributed by atoms with Crippen molar-refractivity contribution in [3.63, 3.8) is 0 Å². The van der Waals surface area contributed by atoms with Crippen molar-refractivity contribution < 1.29 is 22.5 Å². The molecule has 0 saturated carbocycles. The number of rotatable bonds is 1. The lowest BCUT2D eigenvalue weighted by atomic mass is 9.80. The van der Waals surface area contributed by atoms with Gasteiger partial charge in [0.05, 0.1) is 16.7 Å². The van der Waals surface area contributed by atoms with Crippen LogP contribution in [0.1, 0.15) is 47.2 Å². The van der Waals surface area contributed by atoms with Crippen LogP contribution in [-0.4, -0.2) is 33.1 Å². The lowest BCUT2D eigenvalue weighted by Crippen LogP contribution is -2.41. The van der Waals surface area contributed by atoms with Crippen molar-refractivity contribution in [2.75, 3.05) is 0 Å². The Bertz CT molecular complexity index is 756. The number of nitrogens with zero attached hydrogens (tertiary/aromatic N) is 3. The molecule has 1 aliphatic rings. The summed E-state index contributed by atoms with van der Waals surface area (Å²) in [6, 6.07) is 1.58. The number of pyridine rings is 1. The van der Waals surface area contributed by atoms with Gasteiger partial charge in [0, 0.05) is 18.7 Å². The van der Waals surface area contributed by atoms with Gasteiger partial charge in [-0.1, -0.05) is 13.8 Å². The molecule has 0 radical (unpaired) electrons. The quantitative estimate of drug-likeness (QED) is 0.735. The van der Waals surface area contributed by atoms with Crippen LogP contribution in [0.25, 0.3) is 11.0 Å². The van der Waals surface area contributed by atoms with E-state index in [0.29, 0.717) is 5.46 Å². The normalized spacial score (nSPS) is 19.0. The molecule has 2 aromatic rings. The highest BCUT2D eigenvalue weighted by atomic mass is 19.4. The summed E-state index contributed by atoms with van der Waals surface area (Å²) in [6.45, 7) is 11.6. The number of alkyl halides is 3. The van der Waals surface area contributed by atoms with Crippen molar-refractivity contribution >= 4 is 23.6 Å². The molecule has 1 aliphatic heterocycles. The first kappa shape index (κ1) is 19.7. The summed E-state index contributed by atoms with van der Waals surface area (Å²) >= 11 is 0. The second-order valence-electron chi connectivity index (χ2n) is 6.69. The summed E-state index contributed by atoms with van der Waals surface area (Å²) < 4.78 is 51.9. The van der Waals surface area contributed by atoms with Gasteiger partial charge in [0.2, 0.25) is 0 Å². The Morgan fingerprint density at radius 2 is 1.60 bits per heavy atom. The number of aryl methyl sites for hydroxylation is 1. The monoisotopic (exact) mass is 357 g/mol. The largest absolute Gasteiger partial charge is 0.496 e. The van der Waals surface area contributed by atoms with Crippen LogP contribution in [0.5, 0.6) is 0 Å². The van der Waals surface area contributed by atoms with E-state index >= 15 is 0 Å².